The molecule has 0 saturated carbocycles. The third-order valence-electron chi connectivity index (χ3n) is 3.59. The van der Waals surface area contributed by atoms with Crippen LogP contribution in [0.15, 0.2) is 36.7 Å². The van der Waals surface area contributed by atoms with E-state index in [4.69, 9.17) is 0 Å². The minimum absolute atomic E-state index is 0.240. The van der Waals surface area contributed by atoms with Crippen molar-refractivity contribution in [2.45, 2.75) is 13.8 Å². The summed E-state index contributed by atoms with van der Waals surface area (Å²) >= 11 is 0. The molecule has 0 aliphatic carbocycles. The highest BCUT2D eigenvalue weighted by atomic mass is 16.2. The number of anilines is 1. The smallest absolute Gasteiger partial charge is 0.257 e. The molecule has 0 saturated heterocycles. The number of carbonyl (C=O) groups is 2. The number of nitrogens with zero attached hydrogens (tertiary/aromatic N) is 2. The second-order valence-electron chi connectivity index (χ2n) is 6.35. The molecule has 2 N–H and O–H groups in total. The number of hydrogen-bond donors (Lipinski definition) is 2. The Morgan fingerprint density at radius 2 is 1.56 bits per heavy atom. The van der Waals surface area contributed by atoms with Gasteiger partial charge in [-0.1, -0.05) is 6.07 Å². The van der Waals surface area contributed by atoms with E-state index in [1.807, 2.05) is 51.0 Å². The molecule has 132 valence electrons. The summed E-state index contributed by atoms with van der Waals surface area (Å²) in [6.07, 6.45) is 2.91. The van der Waals surface area contributed by atoms with Crippen LogP contribution in [0, 0.1) is 13.8 Å². The van der Waals surface area contributed by atoms with Gasteiger partial charge in [-0.3, -0.25) is 14.6 Å². The van der Waals surface area contributed by atoms with Gasteiger partial charge in [0.15, 0.2) is 0 Å². The minimum Gasteiger partial charge on any atom is -0.351 e. The van der Waals surface area contributed by atoms with Gasteiger partial charge in [0, 0.05) is 31.2 Å². The summed E-state index contributed by atoms with van der Waals surface area (Å²) in [6, 6.07) is 7.39. The molecular weight excluding hydrogens is 316 g/mol. The predicted octanol–water partition coefficient (Wildman–Crippen LogP) is 2.24. The second-order valence-corrected chi connectivity index (χ2v) is 6.35. The number of amides is 2. The highest BCUT2D eigenvalue weighted by Gasteiger charge is 2.12. The lowest BCUT2D eigenvalue weighted by Crippen LogP contribution is -2.31. The summed E-state index contributed by atoms with van der Waals surface area (Å²) in [5, 5.41) is 5.66. The highest BCUT2D eigenvalue weighted by molar-refractivity contribution is 6.05. The molecular formula is C19H24N4O2. The first kappa shape index (κ1) is 18.6. The van der Waals surface area contributed by atoms with E-state index in [1.54, 1.807) is 6.07 Å². The van der Waals surface area contributed by atoms with Crippen molar-refractivity contribution < 1.29 is 9.59 Å². The van der Waals surface area contributed by atoms with Crippen molar-refractivity contribution >= 4 is 17.5 Å². The number of hydrogen-bond acceptors (Lipinski definition) is 4. The van der Waals surface area contributed by atoms with Crippen LogP contribution in [0.2, 0.25) is 0 Å². The highest BCUT2D eigenvalue weighted by Crippen LogP contribution is 2.15. The number of aromatic nitrogens is 1. The fourth-order valence-corrected chi connectivity index (χ4v) is 2.43. The molecule has 25 heavy (non-hydrogen) atoms. The fraction of sp³-hybridized carbons (Fsp3) is 0.316. The van der Waals surface area contributed by atoms with Crippen molar-refractivity contribution in [3.8, 4) is 0 Å². The predicted molar refractivity (Wildman–Crippen MR) is 99.0 cm³/mol. The van der Waals surface area contributed by atoms with Crippen LogP contribution in [0.4, 0.5) is 5.69 Å². The average molecular weight is 340 g/mol. The molecule has 0 radical (unpaired) electrons. The molecule has 6 heteroatoms. The zero-order chi connectivity index (χ0) is 18.4. The van der Waals surface area contributed by atoms with Gasteiger partial charge in [-0.25, -0.2) is 0 Å². The number of rotatable bonds is 6. The van der Waals surface area contributed by atoms with E-state index in [0.29, 0.717) is 17.7 Å². The summed E-state index contributed by atoms with van der Waals surface area (Å²) in [6.45, 7) is 5.22. The van der Waals surface area contributed by atoms with Gasteiger partial charge in [-0.15, -0.1) is 0 Å². The maximum absolute atomic E-state index is 12.4. The molecule has 0 fully saturated rings. The Morgan fingerprint density at radius 1 is 0.960 bits per heavy atom. The average Bonchev–Trinajstić information content (AvgIpc) is 2.53. The zero-order valence-electron chi connectivity index (χ0n) is 15.1. The van der Waals surface area contributed by atoms with Crippen molar-refractivity contribution in [2.24, 2.45) is 0 Å². The molecule has 6 nitrogen and oxygen atoms in total. The summed E-state index contributed by atoms with van der Waals surface area (Å²) in [7, 11) is 3.87. The summed E-state index contributed by atoms with van der Waals surface area (Å²) < 4.78 is 0. The lowest BCUT2D eigenvalue weighted by Gasteiger charge is -2.11. The van der Waals surface area contributed by atoms with E-state index in [0.717, 1.165) is 23.4 Å². The number of benzene rings is 1. The molecule has 0 spiro atoms. The molecule has 0 bridgehead atoms. The number of carbonyl (C=O) groups excluding carboxylic acids is 2. The first-order valence-corrected chi connectivity index (χ1v) is 8.13. The van der Waals surface area contributed by atoms with Gasteiger partial charge in [0.25, 0.3) is 11.8 Å². The van der Waals surface area contributed by atoms with E-state index >= 15 is 0 Å². The van der Waals surface area contributed by atoms with Crippen molar-refractivity contribution in [2.75, 3.05) is 32.5 Å². The molecule has 0 aliphatic heterocycles. The standard InChI is InChI=1S/C19H24N4O2/c1-13-7-14(2)9-17(8-13)22-19(25)16-10-15(11-20-12-16)18(24)21-5-6-23(3)4/h7-12H,5-6H2,1-4H3,(H,21,24)(H,22,25). The van der Waals surface area contributed by atoms with E-state index in [-0.39, 0.29) is 11.8 Å². The number of pyridine rings is 1. The van der Waals surface area contributed by atoms with Crippen molar-refractivity contribution in [3.05, 3.63) is 58.9 Å². The zero-order valence-corrected chi connectivity index (χ0v) is 15.1. The first-order chi connectivity index (χ1) is 11.8. The summed E-state index contributed by atoms with van der Waals surface area (Å²) in [5.74, 6) is -0.532. The minimum atomic E-state index is -0.291. The number of aryl methyl sites for hydroxylation is 2. The van der Waals surface area contributed by atoms with Crippen molar-refractivity contribution in [1.29, 1.82) is 0 Å². The van der Waals surface area contributed by atoms with E-state index < -0.39 is 0 Å². The quantitative estimate of drug-likeness (QED) is 0.846. The SMILES string of the molecule is Cc1cc(C)cc(NC(=O)c2cncc(C(=O)NCCN(C)C)c2)c1. The molecule has 1 heterocycles. The van der Waals surface area contributed by atoms with Crippen LogP contribution in [0.25, 0.3) is 0 Å². The van der Waals surface area contributed by atoms with Gasteiger partial charge in [-0.05, 0) is 57.3 Å². The van der Waals surface area contributed by atoms with Gasteiger partial charge in [0.1, 0.15) is 0 Å². The Hall–Kier alpha value is -2.73. The maximum Gasteiger partial charge on any atom is 0.257 e. The summed E-state index contributed by atoms with van der Waals surface area (Å²) in [4.78, 5) is 30.6. The third-order valence-corrected chi connectivity index (χ3v) is 3.59. The van der Waals surface area contributed by atoms with Crippen molar-refractivity contribution in [3.63, 3.8) is 0 Å². The molecule has 1 aromatic heterocycles. The Balaban J connectivity index is 2.06. The maximum atomic E-state index is 12.4. The van der Waals surface area contributed by atoms with Crippen LogP contribution in [-0.2, 0) is 0 Å². The van der Waals surface area contributed by atoms with Crippen LogP contribution in [0.3, 0.4) is 0 Å². The Labute approximate surface area is 148 Å². The number of likely N-dealkylation sites (N-methyl/N-ethyl adjacent to an activating group) is 1. The Kier molecular flexibility index (Phi) is 6.25. The summed E-state index contributed by atoms with van der Waals surface area (Å²) in [5.41, 5.74) is 3.58. The Bertz CT molecular complexity index is 752. The van der Waals surface area contributed by atoms with Crippen LogP contribution < -0.4 is 10.6 Å². The molecule has 2 aromatic rings. The fourth-order valence-electron chi connectivity index (χ4n) is 2.43. The van der Waals surface area contributed by atoms with E-state index in [2.05, 4.69) is 15.6 Å². The van der Waals surface area contributed by atoms with Crippen LogP contribution in [0.5, 0.6) is 0 Å². The van der Waals surface area contributed by atoms with E-state index in [1.165, 1.54) is 12.4 Å². The molecule has 2 amide bonds. The normalized spacial score (nSPS) is 10.6. The second kappa shape index (κ2) is 8.39. The first-order valence-electron chi connectivity index (χ1n) is 8.13. The lowest BCUT2D eigenvalue weighted by atomic mass is 10.1. The van der Waals surface area contributed by atoms with Gasteiger partial charge in [-0.2, -0.15) is 0 Å². The van der Waals surface area contributed by atoms with Gasteiger partial charge in [0.2, 0.25) is 0 Å². The molecule has 0 aliphatic rings. The molecule has 0 unspecified atom stereocenters. The van der Waals surface area contributed by atoms with Crippen molar-refractivity contribution in [1.82, 2.24) is 15.2 Å². The van der Waals surface area contributed by atoms with Gasteiger partial charge < -0.3 is 15.5 Å². The van der Waals surface area contributed by atoms with Crippen LogP contribution in [0.1, 0.15) is 31.8 Å². The molecule has 0 atom stereocenters. The topological polar surface area (TPSA) is 74.3 Å². The number of nitrogens with one attached hydrogen (secondary N) is 2. The van der Waals surface area contributed by atoms with Gasteiger partial charge in [0.05, 0.1) is 11.1 Å². The molecule has 2 rings (SSSR count). The monoisotopic (exact) mass is 340 g/mol. The molecule has 1 aromatic carbocycles. The Morgan fingerprint density at radius 3 is 2.16 bits per heavy atom. The van der Waals surface area contributed by atoms with Gasteiger partial charge >= 0.3 is 0 Å². The van der Waals surface area contributed by atoms with Crippen LogP contribution in [-0.4, -0.2) is 48.9 Å². The third kappa shape index (κ3) is 5.69. The lowest BCUT2D eigenvalue weighted by molar-refractivity contribution is 0.0950. The van der Waals surface area contributed by atoms with E-state index in [9.17, 15) is 9.59 Å². The largest absolute Gasteiger partial charge is 0.351 e. The van der Waals surface area contributed by atoms with Crippen LogP contribution >= 0.6 is 0 Å².